The van der Waals surface area contributed by atoms with Crippen LogP contribution in [-0.4, -0.2) is 17.9 Å². The molecule has 0 aliphatic heterocycles. The first-order valence-corrected chi connectivity index (χ1v) is 8.13. The van der Waals surface area contributed by atoms with Crippen molar-refractivity contribution in [2.24, 2.45) is 0 Å². The Hall–Kier alpha value is -1.85. The van der Waals surface area contributed by atoms with Crippen LogP contribution in [0.4, 0.5) is 0 Å². The van der Waals surface area contributed by atoms with Crippen LogP contribution in [0.25, 0.3) is 0 Å². The van der Waals surface area contributed by atoms with Crippen molar-refractivity contribution in [3.8, 4) is 0 Å². The molecule has 0 saturated heterocycles. The highest BCUT2D eigenvalue weighted by Crippen LogP contribution is 2.16. The van der Waals surface area contributed by atoms with Crippen molar-refractivity contribution in [1.29, 1.82) is 0 Å². The van der Waals surface area contributed by atoms with Crippen LogP contribution < -0.4 is 10.6 Å². The molecule has 0 bridgehead atoms. The number of hydrogen-bond donors (Lipinski definition) is 2. The second-order valence-electron chi connectivity index (χ2n) is 4.95. The maximum atomic E-state index is 12.2. The van der Waals surface area contributed by atoms with Crippen LogP contribution in [0.2, 0.25) is 5.02 Å². The molecule has 0 radical (unpaired) electrons. The predicted molar refractivity (Wildman–Crippen MR) is 89.3 cm³/mol. The quantitative estimate of drug-likeness (QED) is 0.879. The van der Waals surface area contributed by atoms with Gasteiger partial charge in [0.2, 0.25) is 5.91 Å². The summed E-state index contributed by atoms with van der Waals surface area (Å²) < 4.78 is 0. The van der Waals surface area contributed by atoms with E-state index in [2.05, 4.69) is 10.6 Å². The minimum Gasteiger partial charge on any atom is -0.348 e. The molecule has 1 heterocycles. The number of benzene rings is 1. The molecule has 2 aromatic rings. The fourth-order valence-corrected chi connectivity index (χ4v) is 2.67. The van der Waals surface area contributed by atoms with Crippen LogP contribution >= 0.6 is 22.9 Å². The minimum atomic E-state index is -0.607. The third-order valence-corrected chi connectivity index (χ3v) is 4.34. The maximum Gasteiger partial charge on any atom is 0.261 e. The molecule has 1 aromatic carbocycles. The number of carbonyl (C=O) groups is 2. The summed E-state index contributed by atoms with van der Waals surface area (Å²) in [5, 5.41) is 8.03. The second kappa shape index (κ2) is 7.42. The standard InChI is InChI=1S/C16H17ClN2O2S/c1-10(12-5-7-13(17)8-6-12)18-15(20)11(2)19-16(21)14-4-3-9-22-14/h3-11H,1-2H3,(H,18,20)(H,19,21). The van der Waals surface area contributed by atoms with E-state index in [1.807, 2.05) is 24.4 Å². The Labute approximate surface area is 138 Å². The van der Waals surface area contributed by atoms with E-state index in [4.69, 9.17) is 11.6 Å². The summed E-state index contributed by atoms with van der Waals surface area (Å²) in [6, 6.07) is 10.0. The molecule has 0 spiro atoms. The highest BCUT2D eigenvalue weighted by molar-refractivity contribution is 7.12. The summed E-state index contributed by atoms with van der Waals surface area (Å²) in [5.41, 5.74) is 0.953. The first-order chi connectivity index (χ1) is 10.5. The number of rotatable bonds is 5. The van der Waals surface area contributed by atoms with Crippen LogP contribution in [0.3, 0.4) is 0 Å². The van der Waals surface area contributed by atoms with Crippen LogP contribution in [0.15, 0.2) is 41.8 Å². The summed E-state index contributed by atoms with van der Waals surface area (Å²) >= 11 is 7.19. The van der Waals surface area contributed by atoms with Gasteiger partial charge in [-0.2, -0.15) is 0 Å². The molecule has 4 nitrogen and oxygen atoms in total. The average Bonchev–Trinajstić information content (AvgIpc) is 3.02. The molecule has 116 valence electrons. The summed E-state index contributed by atoms with van der Waals surface area (Å²) in [7, 11) is 0. The zero-order valence-electron chi connectivity index (χ0n) is 12.3. The molecule has 2 atom stereocenters. The van der Waals surface area contributed by atoms with E-state index in [-0.39, 0.29) is 17.9 Å². The summed E-state index contributed by atoms with van der Waals surface area (Å²) in [5.74, 6) is -0.468. The second-order valence-corrected chi connectivity index (χ2v) is 6.34. The van der Waals surface area contributed by atoms with Crippen LogP contribution in [-0.2, 0) is 4.79 Å². The van der Waals surface area contributed by atoms with Gasteiger partial charge in [-0.3, -0.25) is 9.59 Å². The highest BCUT2D eigenvalue weighted by Gasteiger charge is 2.19. The van der Waals surface area contributed by atoms with E-state index in [1.54, 1.807) is 31.2 Å². The number of halogens is 1. The zero-order chi connectivity index (χ0) is 16.1. The van der Waals surface area contributed by atoms with Gasteiger partial charge in [-0.05, 0) is 43.0 Å². The van der Waals surface area contributed by atoms with E-state index >= 15 is 0 Å². The molecule has 2 unspecified atom stereocenters. The molecule has 22 heavy (non-hydrogen) atoms. The van der Waals surface area contributed by atoms with Gasteiger partial charge in [0.1, 0.15) is 6.04 Å². The van der Waals surface area contributed by atoms with E-state index in [9.17, 15) is 9.59 Å². The first-order valence-electron chi connectivity index (χ1n) is 6.87. The Bertz CT molecular complexity index is 641. The van der Waals surface area contributed by atoms with E-state index in [0.29, 0.717) is 9.90 Å². The van der Waals surface area contributed by atoms with Crippen molar-refractivity contribution in [2.75, 3.05) is 0 Å². The first kappa shape index (κ1) is 16.5. The Morgan fingerprint density at radius 1 is 1.09 bits per heavy atom. The molecule has 1 aromatic heterocycles. The lowest BCUT2D eigenvalue weighted by molar-refractivity contribution is -0.123. The predicted octanol–water partition coefficient (Wildman–Crippen LogP) is 3.40. The normalized spacial score (nSPS) is 13.2. The van der Waals surface area contributed by atoms with Crippen molar-refractivity contribution >= 4 is 34.8 Å². The molecule has 6 heteroatoms. The number of thiophene rings is 1. The lowest BCUT2D eigenvalue weighted by Crippen LogP contribution is -2.45. The van der Waals surface area contributed by atoms with Crippen molar-refractivity contribution in [2.45, 2.75) is 25.9 Å². The maximum absolute atomic E-state index is 12.2. The molecule has 0 aliphatic carbocycles. The number of hydrogen-bond acceptors (Lipinski definition) is 3. The van der Waals surface area contributed by atoms with Gasteiger partial charge in [0.05, 0.1) is 10.9 Å². The number of amides is 2. The Balaban J connectivity index is 1.90. The molecule has 2 N–H and O–H groups in total. The minimum absolute atomic E-state index is 0.161. The van der Waals surface area contributed by atoms with Gasteiger partial charge < -0.3 is 10.6 Å². The van der Waals surface area contributed by atoms with Gasteiger partial charge in [0, 0.05) is 5.02 Å². The molecule has 0 saturated carbocycles. The molecule has 0 aliphatic rings. The van der Waals surface area contributed by atoms with Crippen molar-refractivity contribution in [3.63, 3.8) is 0 Å². The highest BCUT2D eigenvalue weighted by atomic mass is 35.5. The largest absolute Gasteiger partial charge is 0.348 e. The monoisotopic (exact) mass is 336 g/mol. The Kier molecular flexibility index (Phi) is 5.57. The van der Waals surface area contributed by atoms with Crippen LogP contribution in [0.5, 0.6) is 0 Å². The van der Waals surface area contributed by atoms with E-state index in [0.717, 1.165) is 5.56 Å². The zero-order valence-corrected chi connectivity index (χ0v) is 13.9. The summed E-state index contributed by atoms with van der Waals surface area (Å²) in [4.78, 5) is 24.7. The molecule has 2 amide bonds. The fraction of sp³-hybridized carbons (Fsp3) is 0.250. The molecular formula is C16H17ClN2O2S. The number of nitrogens with one attached hydrogen (secondary N) is 2. The topological polar surface area (TPSA) is 58.2 Å². The number of carbonyl (C=O) groups excluding carboxylic acids is 2. The van der Waals surface area contributed by atoms with E-state index in [1.165, 1.54) is 11.3 Å². The van der Waals surface area contributed by atoms with Gasteiger partial charge in [-0.15, -0.1) is 11.3 Å². The third-order valence-electron chi connectivity index (χ3n) is 3.21. The van der Waals surface area contributed by atoms with E-state index < -0.39 is 6.04 Å². The molecule has 2 rings (SSSR count). The van der Waals surface area contributed by atoms with Gasteiger partial charge >= 0.3 is 0 Å². The Morgan fingerprint density at radius 3 is 2.36 bits per heavy atom. The van der Waals surface area contributed by atoms with Crippen molar-refractivity contribution in [3.05, 3.63) is 57.2 Å². The third kappa shape index (κ3) is 4.32. The van der Waals surface area contributed by atoms with Gasteiger partial charge in [-0.25, -0.2) is 0 Å². The van der Waals surface area contributed by atoms with Crippen LogP contribution in [0, 0.1) is 0 Å². The van der Waals surface area contributed by atoms with Gasteiger partial charge in [-0.1, -0.05) is 29.8 Å². The fourth-order valence-electron chi connectivity index (χ4n) is 1.91. The Morgan fingerprint density at radius 2 is 1.77 bits per heavy atom. The summed E-state index contributed by atoms with van der Waals surface area (Å²) in [6.07, 6.45) is 0. The van der Waals surface area contributed by atoms with Crippen LogP contribution in [0.1, 0.15) is 35.1 Å². The van der Waals surface area contributed by atoms with Crippen molar-refractivity contribution in [1.82, 2.24) is 10.6 Å². The van der Waals surface area contributed by atoms with Crippen molar-refractivity contribution < 1.29 is 9.59 Å². The van der Waals surface area contributed by atoms with Gasteiger partial charge in [0.25, 0.3) is 5.91 Å². The summed E-state index contributed by atoms with van der Waals surface area (Å²) in [6.45, 7) is 3.55. The van der Waals surface area contributed by atoms with Gasteiger partial charge in [0.15, 0.2) is 0 Å². The SMILES string of the molecule is CC(NC(=O)c1cccs1)C(=O)NC(C)c1ccc(Cl)cc1. The molecular weight excluding hydrogens is 320 g/mol. The smallest absolute Gasteiger partial charge is 0.261 e. The lowest BCUT2D eigenvalue weighted by Gasteiger charge is -2.18. The lowest BCUT2D eigenvalue weighted by atomic mass is 10.1. The average molecular weight is 337 g/mol. The molecule has 0 fully saturated rings.